The molecule has 3 atom stereocenters. The van der Waals surface area contributed by atoms with E-state index in [4.69, 9.17) is 4.74 Å². The van der Waals surface area contributed by atoms with Crippen molar-refractivity contribution in [3.63, 3.8) is 0 Å². The van der Waals surface area contributed by atoms with Crippen LogP contribution in [0.3, 0.4) is 0 Å². The molecular formula is C27H36N2O3. The molecule has 0 bridgehead atoms. The first kappa shape index (κ1) is 22.9. The molecule has 0 spiro atoms. The van der Waals surface area contributed by atoms with E-state index in [1.165, 1.54) is 12.8 Å². The molecule has 2 heterocycles. The zero-order chi connectivity index (χ0) is 22.2. The normalized spacial score (nSPS) is 22.6. The van der Waals surface area contributed by atoms with Crippen molar-refractivity contribution in [3.8, 4) is 0 Å². The van der Waals surface area contributed by atoms with Crippen LogP contribution in [0.1, 0.15) is 68.5 Å². The number of esters is 1. The summed E-state index contributed by atoms with van der Waals surface area (Å²) in [4.78, 5) is 18.0. The van der Waals surface area contributed by atoms with Crippen molar-refractivity contribution in [2.75, 3.05) is 19.7 Å². The molecule has 1 aromatic carbocycles. The fraction of sp³-hybridized carbons (Fsp3) is 0.556. The van der Waals surface area contributed by atoms with Crippen molar-refractivity contribution < 1.29 is 14.6 Å². The van der Waals surface area contributed by atoms with Gasteiger partial charge in [0.05, 0.1) is 6.61 Å². The van der Waals surface area contributed by atoms with Gasteiger partial charge in [0, 0.05) is 23.7 Å². The van der Waals surface area contributed by atoms with Crippen molar-refractivity contribution in [2.45, 2.75) is 62.9 Å². The first-order valence-corrected chi connectivity index (χ1v) is 12.2. The van der Waals surface area contributed by atoms with E-state index in [1.54, 1.807) is 6.20 Å². The number of carbonyl (C=O) groups is 1. The lowest BCUT2D eigenvalue weighted by atomic mass is 9.73. The van der Waals surface area contributed by atoms with Gasteiger partial charge in [-0.2, -0.15) is 0 Å². The largest absolute Gasteiger partial charge is 0.463 e. The van der Waals surface area contributed by atoms with Gasteiger partial charge in [0.15, 0.2) is 5.60 Å². The average Bonchev–Trinajstić information content (AvgIpc) is 2.88. The number of piperidine rings is 1. The Morgan fingerprint density at radius 2 is 1.84 bits per heavy atom. The number of carbonyl (C=O) groups excluding carboxylic acids is 1. The summed E-state index contributed by atoms with van der Waals surface area (Å²) in [5.74, 6) is -0.0578. The molecular weight excluding hydrogens is 400 g/mol. The van der Waals surface area contributed by atoms with Crippen LogP contribution in [0, 0.1) is 11.8 Å². The Kier molecular flexibility index (Phi) is 7.93. The Balaban J connectivity index is 1.51. The van der Waals surface area contributed by atoms with E-state index in [-0.39, 0.29) is 18.4 Å². The van der Waals surface area contributed by atoms with Crippen LogP contribution >= 0.6 is 0 Å². The van der Waals surface area contributed by atoms with E-state index >= 15 is 0 Å². The summed E-state index contributed by atoms with van der Waals surface area (Å²) in [5.41, 5.74) is -0.00232. The average molecular weight is 437 g/mol. The van der Waals surface area contributed by atoms with Crippen molar-refractivity contribution in [2.24, 2.45) is 11.8 Å². The molecule has 1 saturated carbocycles. The predicted molar refractivity (Wildman–Crippen MR) is 125 cm³/mol. The number of aromatic nitrogens is 1. The second kappa shape index (κ2) is 11.1. The number of nitrogens with zero attached hydrogens (tertiary/aromatic N) is 1. The Morgan fingerprint density at radius 1 is 1.06 bits per heavy atom. The molecule has 2 unspecified atom stereocenters. The summed E-state index contributed by atoms with van der Waals surface area (Å²) in [6.45, 7) is 2.31. The summed E-state index contributed by atoms with van der Waals surface area (Å²) in [5, 5.41) is 15.3. The summed E-state index contributed by atoms with van der Waals surface area (Å²) < 4.78 is 5.92. The van der Waals surface area contributed by atoms with Gasteiger partial charge in [0.25, 0.3) is 0 Å². The third-order valence-corrected chi connectivity index (χ3v) is 7.26. The zero-order valence-electron chi connectivity index (χ0n) is 18.9. The highest BCUT2D eigenvalue weighted by molar-refractivity contribution is 5.81. The number of nitrogens with one attached hydrogen (secondary N) is 1. The lowest BCUT2D eigenvalue weighted by Gasteiger charge is -2.37. The molecule has 1 aliphatic heterocycles. The van der Waals surface area contributed by atoms with Gasteiger partial charge in [-0.25, -0.2) is 4.79 Å². The number of aliphatic hydroxyl groups is 1. The van der Waals surface area contributed by atoms with E-state index < -0.39 is 11.6 Å². The summed E-state index contributed by atoms with van der Waals surface area (Å²) in [6, 6.07) is 15.3. The van der Waals surface area contributed by atoms with Crippen LogP contribution < -0.4 is 5.32 Å². The fourth-order valence-electron chi connectivity index (χ4n) is 5.44. The highest BCUT2D eigenvalue weighted by Gasteiger charge is 2.47. The molecule has 2 aliphatic rings. The van der Waals surface area contributed by atoms with Gasteiger partial charge in [0.1, 0.15) is 0 Å². The SMILES string of the molecule is O=C(OCC(C[C@H]1CCCNC1)c1ccccn1)C(O)(c1ccccc1)C1CCCCC1. The maximum Gasteiger partial charge on any atom is 0.343 e. The monoisotopic (exact) mass is 436 g/mol. The first-order valence-electron chi connectivity index (χ1n) is 12.2. The molecule has 2 fully saturated rings. The number of benzene rings is 1. The van der Waals surface area contributed by atoms with Crippen LogP contribution in [0.25, 0.3) is 0 Å². The molecule has 32 heavy (non-hydrogen) atoms. The summed E-state index contributed by atoms with van der Waals surface area (Å²) in [6.07, 6.45) is 10.0. The Hall–Kier alpha value is -2.24. The number of rotatable bonds is 8. The van der Waals surface area contributed by atoms with Crippen molar-refractivity contribution >= 4 is 5.97 Å². The van der Waals surface area contributed by atoms with Gasteiger partial charge in [-0.3, -0.25) is 4.98 Å². The van der Waals surface area contributed by atoms with Gasteiger partial charge in [-0.15, -0.1) is 0 Å². The lowest BCUT2D eigenvalue weighted by Crippen LogP contribution is -2.45. The van der Waals surface area contributed by atoms with Gasteiger partial charge in [-0.05, 0) is 68.8 Å². The highest BCUT2D eigenvalue weighted by Crippen LogP contribution is 2.40. The molecule has 5 nitrogen and oxygen atoms in total. The summed E-state index contributed by atoms with van der Waals surface area (Å²) >= 11 is 0. The predicted octanol–water partition coefficient (Wildman–Crippen LogP) is 4.57. The molecule has 1 aromatic heterocycles. The van der Waals surface area contributed by atoms with Gasteiger partial charge in [0.2, 0.25) is 0 Å². The topological polar surface area (TPSA) is 71.5 Å². The van der Waals surface area contributed by atoms with E-state index in [2.05, 4.69) is 10.3 Å². The second-order valence-electron chi connectivity index (χ2n) is 9.47. The van der Waals surface area contributed by atoms with Gasteiger partial charge < -0.3 is 15.2 Å². The number of hydrogen-bond acceptors (Lipinski definition) is 5. The van der Waals surface area contributed by atoms with Crippen LogP contribution in [0.15, 0.2) is 54.7 Å². The third-order valence-electron chi connectivity index (χ3n) is 7.26. The summed E-state index contributed by atoms with van der Waals surface area (Å²) in [7, 11) is 0. The fourth-order valence-corrected chi connectivity index (χ4v) is 5.44. The van der Waals surface area contributed by atoms with E-state index in [0.29, 0.717) is 11.5 Å². The van der Waals surface area contributed by atoms with Crippen molar-refractivity contribution in [1.82, 2.24) is 10.3 Å². The minimum atomic E-state index is -1.59. The van der Waals surface area contributed by atoms with Crippen molar-refractivity contribution in [1.29, 1.82) is 0 Å². The van der Waals surface area contributed by atoms with Gasteiger partial charge >= 0.3 is 5.97 Å². The smallest absolute Gasteiger partial charge is 0.343 e. The first-order chi connectivity index (χ1) is 15.7. The number of ether oxygens (including phenoxy) is 1. The molecule has 1 saturated heterocycles. The molecule has 2 N–H and O–H groups in total. The van der Waals surface area contributed by atoms with E-state index in [0.717, 1.165) is 57.3 Å². The van der Waals surface area contributed by atoms with Crippen LogP contribution in [-0.2, 0) is 15.1 Å². The van der Waals surface area contributed by atoms with E-state index in [9.17, 15) is 9.90 Å². The Bertz CT molecular complexity index is 832. The minimum Gasteiger partial charge on any atom is -0.463 e. The number of hydrogen-bond donors (Lipinski definition) is 2. The van der Waals surface area contributed by atoms with Crippen LogP contribution in [0.5, 0.6) is 0 Å². The molecule has 172 valence electrons. The molecule has 0 amide bonds. The standard InChI is InChI=1S/C27H36N2O3/c30-26(27(31,23-11-3-1-4-12-23)24-13-5-2-6-14-24)32-20-22(25-15-7-8-17-29-25)18-21-10-9-16-28-19-21/h1,3-4,7-8,11-12,15,17,21-22,24,28,31H,2,5-6,9-10,13-14,16,18-20H2/t21-,22?,27?/m1/s1. The van der Waals surface area contributed by atoms with Crippen LogP contribution in [0.2, 0.25) is 0 Å². The number of pyridine rings is 1. The highest BCUT2D eigenvalue weighted by atomic mass is 16.5. The van der Waals surface area contributed by atoms with Gasteiger partial charge in [-0.1, -0.05) is 55.7 Å². The third kappa shape index (κ3) is 5.38. The molecule has 0 radical (unpaired) electrons. The van der Waals surface area contributed by atoms with E-state index in [1.807, 2.05) is 48.5 Å². The zero-order valence-corrected chi connectivity index (χ0v) is 18.9. The molecule has 5 heteroatoms. The second-order valence-corrected chi connectivity index (χ2v) is 9.47. The van der Waals surface area contributed by atoms with Crippen molar-refractivity contribution in [3.05, 3.63) is 66.0 Å². The maximum atomic E-state index is 13.5. The Morgan fingerprint density at radius 3 is 2.53 bits per heavy atom. The maximum absolute atomic E-state index is 13.5. The molecule has 1 aliphatic carbocycles. The minimum absolute atomic E-state index is 0.0245. The lowest BCUT2D eigenvalue weighted by molar-refractivity contribution is -0.176. The Labute approximate surface area is 191 Å². The molecule has 2 aromatic rings. The van der Waals surface area contributed by atoms with Crippen LogP contribution in [-0.4, -0.2) is 35.8 Å². The van der Waals surface area contributed by atoms with Crippen LogP contribution in [0.4, 0.5) is 0 Å². The quantitative estimate of drug-likeness (QED) is 0.593. The molecule has 4 rings (SSSR count).